The lowest BCUT2D eigenvalue weighted by Crippen LogP contribution is -2.47. The van der Waals surface area contributed by atoms with Crippen molar-refractivity contribution in [1.82, 2.24) is 4.90 Å². The van der Waals surface area contributed by atoms with E-state index in [0.29, 0.717) is 12.3 Å². The van der Waals surface area contributed by atoms with Gasteiger partial charge in [-0.15, -0.1) is 0 Å². The number of β-amino-alcohol motifs (C(OH)–C–C–N with tert-alkyl or cyclic N) is 1. The Morgan fingerprint density at radius 1 is 1.00 bits per heavy atom. The number of benzene rings is 2. The molecule has 0 bridgehead atoms. The maximum absolute atomic E-state index is 10.7. The molecule has 0 unspecified atom stereocenters. The van der Waals surface area contributed by atoms with E-state index in [1.165, 1.54) is 11.3 Å². The molecule has 1 aliphatic heterocycles. The Hall–Kier alpha value is -2.24. The molecule has 0 aromatic heterocycles. The number of hydrogen-bond acceptors (Lipinski definition) is 5. The number of rotatable bonds is 6. The van der Waals surface area contributed by atoms with E-state index in [1.807, 2.05) is 18.2 Å². The number of piperazine rings is 1. The van der Waals surface area contributed by atoms with Crippen LogP contribution < -0.4 is 14.4 Å². The highest BCUT2D eigenvalue weighted by Crippen LogP contribution is 2.30. The molecular formula is C21H28N2O3. The molecule has 2 aromatic rings. The van der Waals surface area contributed by atoms with E-state index >= 15 is 0 Å². The van der Waals surface area contributed by atoms with Gasteiger partial charge in [-0.3, -0.25) is 4.90 Å². The Morgan fingerprint density at radius 3 is 2.42 bits per heavy atom. The zero-order valence-electron chi connectivity index (χ0n) is 15.8. The lowest BCUT2D eigenvalue weighted by atomic mass is 10.1. The van der Waals surface area contributed by atoms with Gasteiger partial charge >= 0.3 is 0 Å². The second kappa shape index (κ2) is 8.43. The molecule has 0 spiro atoms. The van der Waals surface area contributed by atoms with Gasteiger partial charge in [0.2, 0.25) is 0 Å². The number of methoxy groups -OCH3 is 2. The normalized spacial score (nSPS) is 16.4. The smallest absolute Gasteiger partial charge is 0.124 e. The van der Waals surface area contributed by atoms with Crippen LogP contribution in [0, 0.1) is 6.92 Å². The first kappa shape index (κ1) is 18.5. The number of anilines is 1. The summed E-state index contributed by atoms with van der Waals surface area (Å²) in [5.74, 6) is 1.42. The van der Waals surface area contributed by atoms with Crippen molar-refractivity contribution in [3.05, 3.63) is 53.6 Å². The van der Waals surface area contributed by atoms with Crippen molar-refractivity contribution < 1.29 is 14.6 Å². The van der Waals surface area contributed by atoms with Crippen molar-refractivity contribution in [2.45, 2.75) is 13.0 Å². The lowest BCUT2D eigenvalue weighted by Gasteiger charge is -2.37. The molecule has 1 N–H and O–H groups in total. The van der Waals surface area contributed by atoms with Crippen molar-refractivity contribution in [3.63, 3.8) is 0 Å². The van der Waals surface area contributed by atoms with Crippen LogP contribution in [0.5, 0.6) is 11.5 Å². The number of ether oxygens (including phenoxy) is 2. The van der Waals surface area contributed by atoms with Crippen LogP contribution in [0.25, 0.3) is 0 Å². The fourth-order valence-corrected chi connectivity index (χ4v) is 3.46. The first-order valence-corrected chi connectivity index (χ1v) is 9.04. The van der Waals surface area contributed by atoms with Crippen LogP contribution in [0.2, 0.25) is 0 Å². The van der Waals surface area contributed by atoms with Crippen LogP contribution in [-0.2, 0) is 0 Å². The molecule has 3 rings (SSSR count). The molecule has 1 heterocycles. The van der Waals surface area contributed by atoms with Gasteiger partial charge in [-0.1, -0.05) is 12.1 Å². The minimum absolute atomic E-state index is 0.588. The Bertz CT molecular complexity index is 727. The monoisotopic (exact) mass is 356 g/mol. The summed E-state index contributed by atoms with van der Waals surface area (Å²) in [5, 5.41) is 10.7. The van der Waals surface area contributed by atoms with Gasteiger partial charge in [0, 0.05) is 44.0 Å². The van der Waals surface area contributed by atoms with Crippen molar-refractivity contribution in [3.8, 4) is 11.5 Å². The van der Waals surface area contributed by atoms with Crippen LogP contribution in [0.4, 0.5) is 5.69 Å². The minimum Gasteiger partial charge on any atom is -0.497 e. The number of hydrogen-bond donors (Lipinski definition) is 1. The van der Waals surface area contributed by atoms with E-state index in [2.05, 4.69) is 41.0 Å². The fraction of sp³-hybridized carbons (Fsp3) is 0.429. The van der Waals surface area contributed by atoms with Gasteiger partial charge in [-0.2, -0.15) is 0 Å². The molecule has 0 aliphatic carbocycles. The first-order chi connectivity index (χ1) is 12.6. The Morgan fingerprint density at radius 2 is 1.77 bits per heavy atom. The van der Waals surface area contributed by atoms with Gasteiger partial charge in [0.25, 0.3) is 0 Å². The zero-order chi connectivity index (χ0) is 18.5. The summed E-state index contributed by atoms with van der Waals surface area (Å²) in [6.45, 7) is 6.49. The fourth-order valence-electron chi connectivity index (χ4n) is 3.46. The second-order valence-electron chi connectivity index (χ2n) is 6.75. The van der Waals surface area contributed by atoms with Gasteiger partial charge < -0.3 is 19.5 Å². The third-order valence-electron chi connectivity index (χ3n) is 4.97. The predicted octanol–water partition coefficient (Wildman–Crippen LogP) is 2.87. The van der Waals surface area contributed by atoms with Crippen molar-refractivity contribution in [1.29, 1.82) is 0 Å². The highest BCUT2D eigenvalue weighted by molar-refractivity contribution is 5.48. The summed E-state index contributed by atoms with van der Waals surface area (Å²) in [6, 6.07) is 14.2. The second-order valence-corrected chi connectivity index (χ2v) is 6.75. The number of aliphatic hydroxyl groups is 1. The van der Waals surface area contributed by atoms with Crippen LogP contribution in [0.15, 0.2) is 42.5 Å². The third-order valence-corrected chi connectivity index (χ3v) is 4.97. The highest BCUT2D eigenvalue weighted by Gasteiger charge is 2.22. The largest absolute Gasteiger partial charge is 0.497 e. The highest BCUT2D eigenvalue weighted by atomic mass is 16.5. The lowest BCUT2D eigenvalue weighted by molar-refractivity contribution is 0.107. The van der Waals surface area contributed by atoms with Crippen LogP contribution in [-0.4, -0.2) is 56.9 Å². The Labute approximate surface area is 155 Å². The summed E-state index contributed by atoms with van der Waals surface area (Å²) in [7, 11) is 3.25. The van der Waals surface area contributed by atoms with E-state index in [9.17, 15) is 5.11 Å². The van der Waals surface area contributed by atoms with Gasteiger partial charge in [-0.05, 0) is 42.8 Å². The summed E-state index contributed by atoms with van der Waals surface area (Å²) < 4.78 is 10.7. The molecule has 5 nitrogen and oxygen atoms in total. The van der Waals surface area contributed by atoms with E-state index < -0.39 is 6.10 Å². The summed E-state index contributed by atoms with van der Waals surface area (Å²) in [6.07, 6.45) is -0.606. The van der Waals surface area contributed by atoms with Crippen LogP contribution in [0.3, 0.4) is 0 Å². The standard InChI is InChI=1S/C21H28N2O3/c1-16-5-4-6-17(13-16)23-11-9-22(10-12-23)15-20(24)19-14-18(25-2)7-8-21(19)26-3/h4-8,13-14,20,24H,9-12,15H2,1-3H3/t20-/m1/s1. The molecule has 5 heteroatoms. The molecule has 2 aromatic carbocycles. The molecule has 1 atom stereocenters. The van der Waals surface area contributed by atoms with Crippen LogP contribution in [0.1, 0.15) is 17.2 Å². The van der Waals surface area contributed by atoms with E-state index in [0.717, 1.165) is 37.5 Å². The average molecular weight is 356 g/mol. The molecule has 1 fully saturated rings. The maximum Gasteiger partial charge on any atom is 0.124 e. The molecule has 1 aliphatic rings. The van der Waals surface area contributed by atoms with E-state index in [-0.39, 0.29) is 0 Å². The SMILES string of the molecule is COc1ccc(OC)c([C@H](O)CN2CCN(c3cccc(C)c3)CC2)c1. The molecule has 140 valence electrons. The minimum atomic E-state index is -0.606. The average Bonchev–Trinajstić information content (AvgIpc) is 2.68. The van der Waals surface area contributed by atoms with Gasteiger partial charge in [0.15, 0.2) is 0 Å². The number of aryl methyl sites for hydroxylation is 1. The Kier molecular flexibility index (Phi) is 6.01. The molecule has 0 saturated carbocycles. The topological polar surface area (TPSA) is 45.2 Å². The molecule has 0 radical (unpaired) electrons. The summed E-state index contributed by atoms with van der Waals surface area (Å²) in [4.78, 5) is 4.71. The molecule has 26 heavy (non-hydrogen) atoms. The van der Waals surface area contributed by atoms with E-state index in [4.69, 9.17) is 9.47 Å². The predicted molar refractivity (Wildman–Crippen MR) is 104 cm³/mol. The van der Waals surface area contributed by atoms with Gasteiger partial charge in [0.05, 0.1) is 20.3 Å². The number of nitrogens with zero attached hydrogens (tertiary/aromatic N) is 2. The number of aliphatic hydroxyl groups excluding tert-OH is 1. The zero-order valence-corrected chi connectivity index (χ0v) is 15.8. The van der Waals surface area contributed by atoms with Gasteiger partial charge in [0.1, 0.15) is 11.5 Å². The van der Waals surface area contributed by atoms with Crippen molar-refractivity contribution >= 4 is 5.69 Å². The van der Waals surface area contributed by atoms with Crippen molar-refractivity contribution in [2.24, 2.45) is 0 Å². The summed E-state index contributed by atoms with van der Waals surface area (Å²) >= 11 is 0. The molecular weight excluding hydrogens is 328 g/mol. The Balaban J connectivity index is 1.61. The first-order valence-electron chi connectivity index (χ1n) is 9.04. The van der Waals surface area contributed by atoms with Crippen molar-refractivity contribution in [2.75, 3.05) is 51.8 Å². The maximum atomic E-state index is 10.7. The van der Waals surface area contributed by atoms with Crippen LogP contribution >= 0.6 is 0 Å². The third kappa shape index (κ3) is 4.29. The summed E-state index contributed by atoms with van der Waals surface area (Å²) in [5.41, 5.74) is 3.33. The molecule has 0 amide bonds. The quantitative estimate of drug-likeness (QED) is 0.862. The van der Waals surface area contributed by atoms with E-state index in [1.54, 1.807) is 14.2 Å². The van der Waals surface area contributed by atoms with Gasteiger partial charge in [-0.25, -0.2) is 0 Å². The molecule has 1 saturated heterocycles.